The molecule has 1 aliphatic heterocycles. The van der Waals surface area contributed by atoms with Crippen molar-refractivity contribution in [2.24, 2.45) is 5.73 Å². The first kappa shape index (κ1) is 19.7. The average Bonchev–Trinajstić information content (AvgIpc) is 3.22. The number of carbonyl (C=O) groups excluding carboxylic acids is 1. The fourth-order valence-electron chi connectivity index (χ4n) is 4.34. The molecule has 1 atom stereocenters. The highest BCUT2D eigenvalue weighted by molar-refractivity contribution is 5.98. The second-order valence-corrected chi connectivity index (χ2v) is 9.04. The number of hydrogen-bond acceptors (Lipinski definition) is 2. The minimum absolute atomic E-state index is 0.144. The number of nitrogens with two attached hydrogens (primary N) is 1. The Morgan fingerprint density at radius 3 is 2.66 bits per heavy atom. The Balaban J connectivity index is 1.38. The van der Waals surface area contributed by atoms with Gasteiger partial charge in [-0.3, -0.25) is 4.79 Å². The van der Waals surface area contributed by atoms with Crippen LogP contribution in [0.3, 0.4) is 0 Å². The average molecular weight is 390 g/mol. The molecule has 1 unspecified atom stereocenters. The molecule has 0 fully saturated rings. The number of aryl methyl sites for hydroxylation is 4. The minimum Gasteiger partial charge on any atom is -0.361 e. The molecule has 1 amide bonds. The highest BCUT2D eigenvalue weighted by atomic mass is 16.2. The van der Waals surface area contributed by atoms with Gasteiger partial charge in [-0.1, -0.05) is 24.3 Å². The van der Waals surface area contributed by atoms with Crippen molar-refractivity contribution in [1.29, 1.82) is 0 Å². The normalized spacial score (nSPS) is 15.8. The molecule has 152 valence electrons. The molecule has 0 bridgehead atoms. The predicted molar refractivity (Wildman–Crippen MR) is 119 cm³/mol. The Labute approximate surface area is 173 Å². The molecule has 4 heteroatoms. The van der Waals surface area contributed by atoms with Crippen LogP contribution in [0.25, 0.3) is 10.9 Å². The van der Waals surface area contributed by atoms with Crippen LogP contribution in [-0.2, 0) is 13.0 Å². The van der Waals surface area contributed by atoms with E-state index in [1.54, 1.807) is 0 Å². The number of aromatic amines is 1. The Hall–Kier alpha value is -2.59. The van der Waals surface area contributed by atoms with Gasteiger partial charge >= 0.3 is 0 Å². The number of rotatable bonds is 6. The van der Waals surface area contributed by atoms with Gasteiger partial charge in [-0.15, -0.1) is 0 Å². The summed E-state index contributed by atoms with van der Waals surface area (Å²) in [7, 11) is 0. The van der Waals surface area contributed by atoms with Gasteiger partial charge in [-0.25, -0.2) is 0 Å². The summed E-state index contributed by atoms with van der Waals surface area (Å²) in [5, 5.41) is 1.29. The number of amides is 1. The summed E-state index contributed by atoms with van der Waals surface area (Å²) in [6, 6.07) is 10.6. The van der Waals surface area contributed by atoms with Crippen LogP contribution >= 0.6 is 0 Å². The first-order valence-electron chi connectivity index (χ1n) is 10.5. The Morgan fingerprint density at radius 2 is 1.86 bits per heavy atom. The third-order valence-electron chi connectivity index (χ3n) is 6.53. The number of para-hydroxylation sites is 1. The standard InChI is InChI=1S/C25H31N3O/c1-16-6-5-7-21-19(14-27-23(16)21)8-9-25(4,26)10-11-28-15-20-12-17(2)18(3)13-22(20)24(28)29/h5-7,12-14,27H,8-11,15,26H2,1-4H3. The fourth-order valence-corrected chi connectivity index (χ4v) is 4.34. The molecular weight excluding hydrogens is 358 g/mol. The highest BCUT2D eigenvalue weighted by Gasteiger charge is 2.29. The molecule has 4 nitrogen and oxygen atoms in total. The minimum atomic E-state index is -0.311. The molecule has 0 aliphatic carbocycles. The van der Waals surface area contributed by atoms with Crippen molar-refractivity contribution in [1.82, 2.24) is 9.88 Å². The van der Waals surface area contributed by atoms with Crippen LogP contribution < -0.4 is 5.73 Å². The van der Waals surface area contributed by atoms with E-state index in [2.05, 4.69) is 63.1 Å². The van der Waals surface area contributed by atoms with Crippen molar-refractivity contribution < 1.29 is 4.79 Å². The van der Waals surface area contributed by atoms with E-state index >= 15 is 0 Å². The molecular formula is C25H31N3O. The van der Waals surface area contributed by atoms with Crippen LogP contribution in [0.1, 0.15) is 57.9 Å². The van der Waals surface area contributed by atoms with Gasteiger partial charge < -0.3 is 15.6 Å². The molecule has 29 heavy (non-hydrogen) atoms. The van der Waals surface area contributed by atoms with E-state index in [-0.39, 0.29) is 11.4 Å². The van der Waals surface area contributed by atoms with E-state index in [0.717, 1.165) is 30.4 Å². The second kappa shape index (κ2) is 7.34. The Morgan fingerprint density at radius 1 is 1.10 bits per heavy atom. The van der Waals surface area contributed by atoms with E-state index in [0.29, 0.717) is 13.1 Å². The monoisotopic (exact) mass is 389 g/mol. The van der Waals surface area contributed by atoms with E-state index in [9.17, 15) is 4.79 Å². The van der Waals surface area contributed by atoms with E-state index in [1.165, 1.54) is 33.2 Å². The molecule has 0 spiro atoms. The van der Waals surface area contributed by atoms with Gasteiger partial charge in [0.15, 0.2) is 0 Å². The van der Waals surface area contributed by atoms with Gasteiger partial charge in [0, 0.05) is 41.3 Å². The van der Waals surface area contributed by atoms with Gasteiger partial charge in [0.05, 0.1) is 0 Å². The van der Waals surface area contributed by atoms with Crippen molar-refractivity contribution >= 4 is 16.8 Å². The number of carbonyl (C=O) groups is 1. The summed E-state index contributed by atoms with van der Waals surface area (Å²) < 4.78 is 0. The highest BCUT2D eigenvalue weighted by Crippen LogP contribution is 2.28. The summed E-state index contributed by atoms with van der Waals surface area (Å²) in [4.78, 5) is 18.1. The fraction of sp³-hybridized carbons (Fsp3) is 0.400. The molecule has 3 aromatic rings. The number of nitrogens with zero attached hydrogens (tertiary/aromatic N) is 1. The number of H-pyrrole nitrogens is 1. The Kier molecular flexibility index (Phi) is 4.99. The first-order valence-corrected chi connectivity index (χ1v) is 10.5. The van der Waals surface area contributed by atoms with Gasteiger partial charge in [-0.2, -0.15) is 0 Å². The quantitative estimate of drug-likeness (QED) is 0.637. The molecule has 0 saturated carbocycles. The number of benzene rings is 2. The maximum absolute atomic E-state index is 12.8. The van der Waals surface area contributed by atoms with Crippen molar-refractivity contribution in [3.8, 4) is 0 Å². The molecule has 1 aromatic heterocycles. The lowest BCUT2D eigenvalue weighted by Gasteiger charge is -2.27. The van der Waals surface area contributed by atoms with Crippen molar-refractivity contribution in [3.05, 3.63) is 69.9 Å². The Bertz CT molecular complexity index is 1080. The zero-order valence-electron chi connectivity index (χ0n) is 17.9. The van der Waals surface area contributed by atoms with Gasteiger partial charge in [0.1, 0.15) is 0 Å². The van der Waals surface area contributed by atoms with Gasteiger partial charge in [-0.05, 0) is 80.8 Å². The van der Waals surface area contributed by atoms with Crippen LogP contribution in [0.4, 0.5) is 0 Å². The maximum Gasteiger partial charge on any atom is 0.254 e. The largest absolute Gasteiger partial charge is 0.361 e. The number of fused-ring (bicyclic) bond motifs is 2. The lowest BCUT2D eigenvalue weighted by Crippen LogP contribution is -2.40. The van der Waals surface area contributed by atoms with E-state index < -0.39 is 0 Å². The van der Waals surface area contributed by atoms with Crippen LogP contribution in [-0.4, -0.2) is 27.9 Å². The first-order chi connectivity index (χ1) is 13.7. The summed E-state index contributed by atoms with van der Waals surface area (Å²) in [5.41, 5.74) is 14.6. The maximum atomic E-state index is 12.8. The topological polar surface area (TPSA) is 62.1 Å². The third kappa shape index (κ3) is 3.82. The SMILES string of the molecule is Cc1cc2c(cc1C)C(=O)N(CCC(C)(N)CCc1c[nH]c3c(C)cccc13)C2. The zero-order chi connectivity index (χ0) is 20.8. The van der Waals surface area contributed by atoms with Crippen molar-refractivity contribution in [2.45, 2.75) is 59.0 Å². The molecule has 3 N–H and O–H groups in total. The number of nitrogens with one attached hydrogen (secondary N) is 1. The van der Waals surface area contributed by atoms with Crippen LogP contribution in [0.5, 0.6) is 0 Å². The molecule has 4 rings (SSSR count). The van der Waals surface area contributed by atoms with E-state index in [1.807, 2.05) is 11.0 Å². The number of hydrogen-bond donors (Lipinski definition) is 2. The van der Waals surface area contributed by atoms with E-state index in [4.69, 9.17) is 5.73 Å². The summed E-state index contributed by atoms with van der Waals surface area (Å²) in [5.74, 6) is 0.144. The summed E-state index contributed by atoms with van der Waals surface area (Å²) in [6.07, 6.45) is 4.73. The molecule has 2 heterocycles. The molecule has 1 aliphatic rings. The number of aromatic nitrogens is 1. The summed E-state index contributed by atoms with van der Waals surface area (Å²) >= 11 is 0. The lowest BCUT2D eigenvalue weighted by atomic mass is 9.90. The molecule has 2 aromatic carbocycles. The second-order valence-electron chi connectivity index (χ2n) is 9.04. The predicted octanol–water partition coefficient (Wildman–Crippen LogP) is 4.79. The lowest BCUT2D eigenvalue weighted by molar-refractivity contribution is 0.0766. The van der Waals surface area contributed by atoms with Gasteiger partial charge in [0.25, 0.3) is 5.91 Å². The third-order valence-corrected chi connectivity index (χ3v) is 6.53. The summed E-state index contributed by atoms with van der Waals surface area (Å²) in [6.45, 7) is 9.80. The van der Waals surface area contributed by atoms with Gasteiger partial charge in [0.2, 0.25) is 0 Å². The van der Waals surface area contributed by atoms with Crippen molar-refractivity contribution in [2.75, 3.05) is 6.54 Å². The van der Waals surface area contributed by atoms with Crippen LogP contribution in [0.2, 0.25) is 0 Å². The molecule has 0 saturated heterocycles. The van der Waals surface area contributed by atoms with Crippen LogP contribution in [0.15, 0.2) is 36.5 Å². The smallest absolute Gasteiger partial charge is 0.254 e. The molecule has 0 radical (unpaired) electrons. The zero-order valence-corrected chi connectivity index (χ0v) is 17.9. The van der Waals surface area contributed by atoms with Crippen LogP contribution in [0, 0.1) is 20.8 Å². The van der Waals surface area contributed by atoms with Crippen molar-refractivity contribution in [3.63, 3.8) is 0 Å².